The second-order valence-electron chi connectivity index (χ2n) is 13.8. The molecule has 2 bridgehead atoms. The standard InChI is InChI=1S/C34H35F3N6O2/c35-25-5-1-4-19-12-22(44)13-23(27(19)25)29-28(36)30-24(14-38-29)31(42-15-20-7-8-21(16-42)39-20)41-32(40-30)45-18-33-9-3-11-43(33)26-6-2-10-34(26,37)17-33/h1,4-5,12-14,20-21,26,39,44H,2-3,6-11,15-18H2. The molecule has 0 amide bonds. The van der Waals surface area contributed by atoms with Crippen molar-refractivity contribution < 1.29 is 23.0 Å². The fourth-order valence-corrected chi connectivity index (χ4v) is 9.28. The van der Waals surface area contributed by atoms with Crippen LogP contribution < -0.4 is 15.0 Å². The van der Waals surface area contributed by atoms with E-state index < -0.39 is 22.8 Å². The lowest BCUT2D eigenvalue weighted by Gasteiger charge is -2.35. The predicted molar refractivity (Wildman–Crippen MR) is 164 cm³/mol. The van der Waals surface area contributed by atoms with Crippen LogP contribution in [0.15, 0.2) is 36.5 Å². The highest BCUT2D eigenvalue weighted by Gasteiger charge is 2.63. The first-order valence-electron chi connectivity index (χ1n) is 16.2. The van der Waals surface area contributed by atoms with Gasteiger partial charge in [-0.3, -0.25) is 9.88 Å². The van der Waals surface area contributed by atoms with E-state index in [0.29, 0.717) is 54.6 Å². The number of nitrogens with one attached hydrogen (secondary N) is 1. The number of rotatable bonds is 5. The van der Waals surface area contributed by atoms with Crippen LogP contribution in [0.2, 0.25) is 0 Å². The maximum absolute atomic E-state index is 16.7. The molecule has 4 aromatic rings. The molecule has 2 aromatic heterocycles. The first kappa shape index (κ1) is 27.6. The van der Waals surface area contributed by atoms with Gasteiger partial charge in [-0.15, -0.1) is 0 Å². The Kier molecular flexibility index (Phi) is 6.07. The van der Waals surface area contributed by atoms with Crippen LogP contribution in [0.4, 0.5) is 19.0 Å². The summed E-state index contributed by atoms with van der Waals surface area (Å²) in [6.07, 6.45) is 8.29. The number of halogens is 3. The molecule has 0 radical (unpaired) electrons. The van der Waals surface area contributed by atoms with E-state index in [-0.39, 0.29) is 46.6 Å². The second-order valence-corrected chi connectivity index (χ2v) is 13.8. The van der Waals surface area contributed by atoms with Gasteiger partial charge in [0.15, 0.2) is 5.82 Å². The van der Waals surface area contributed by atoms with Gasteiger partial charge in [0.2, 0.25) is 0 Å². The highest BCUT2D eigenvalue weighted by molar-refractivity contribution is 6.00. The number of phenolic OH excluding ortho intramolecular Hbond substituents is 1. The Labute approximate surface area is 258 Å². The number of alkyl halides is 1. The molecule has 11 heteroatoms. The Morgan fingerprint density at radius 3 is 2.73 bits per heavy atom. The number of hydrogen-bond acceptors (Lipinski definition) is 8. The number of benzene rings is 2. The molecule has 9 rings (SSSR count). The number of pyridine rings is 1. The summed E-state index contributed by atoms with van der Waals surface area (Å²) in [6.45, 7) is 2.50. The molecular formula is C34H35F3N6O2. The third-order valence-electron chi connectivity index (χ3n) is 11.1. The lowest BCUT2D eigenvalue weighted by Crippen LogP contribution is -2.51. The van der Waals surface area contributed by atoms with E-state index in [0.717, 1.165) is 45.1 Å². The Hall–Kier alpha value is -3.70. The van der Waals surface area contributed by atoms with Gasteiger partial charge in [0.1, 0.15) is 40.9 Å². The van der Waals surface area contributed by atoms with E-state index in [2.05, 4.69) is 25.1 Å². The molecule has 4 aliphatic heterocycles. The molecule has 5 aliphatic rings. The first-order valence-corrected chi connectivity index (χ1v) is 16.2. The third-order valence-corrected chi connectivity index (χ3v) is 11.1. The molecule has 1 saturated carbocycles. The number of fused-ring (bicyclic) bond motifs is 7. The lowest BCUT2D eigenvalue weighted by molar-refractivity contribution is 0.0811. The maximum Gasteiger partial charge on any atom is 0.319 e. The topological polar surface area (TPSA) is 86.6 Å². The molecule has 4 saturated heterocycles. The fraction of sp³-hybridized carbons (Fsp3) is 0.500. The molecule has 5 unspecified atom stereocenters. The monoisotopic (exact) mass is 616 g/mol. The van der Waals surface area contributed by atoms with Crippen LogP contribution in [0, 0.1) is 11.6 Å². The van der Waals surface area contributed by atoms with E-state index in [1.54, 1.807) is 12.1 Å². The number of nitrogens with zero attached hydrogens (tertiary/aromatic N) is 5. The number of piperazine rings is 1. The van der Waals surface area contributed by atoms with Crippen molar-refractivity contribution in [2.75, 3.05) is 31.1 Å². The van der Waals surface area contributed by atoms with E-state index in [1.807, 2.05) is 0 Å². The fourth-order valence-electron chi connectivity index (χ4n) is 9.28. The minimum Gasteiger partial charge on any atom is -0.508 e. The molecule has 234 valence electrons. The van der Waals surface area contributed by atoms with Gasteiger partial charge in [-0.25, -0.2) is 13.2 Å². The van der Waals surface area contributed by atoms with Crippen molar-refractivity contribution in [3.8, 4) is 23.0 Å². The highest BCUT2D eigenvalue weighted by atomic mass is 19.1. The molecule has 1 aliphatic carbocycles. The van der Waals surface area contributed by atoms with Crippen molar-refractivity contribution in [1.82, 2.24) is 25.2 Å². The molecule has 6 heterocycles. The van der Waals surface area contributed by atoms with E-state index in [9.17, 15) is 5.11 Å². The smallest absolute Gasteiger partial charge is 0.319 e. The van der Waals surface area contributed by atoms with Crippen LogP contribution in [0.3, 0.4) is 0 Å². The van der Waals surface area contributed by atoms with Gasteiger partial charge in [0.05, 0.1) is 10.9 Å². The minimum atomic E-state index is -1.19. The zero-order valence-corrected chi connectivity index (χ0v) is 24.9. The highest BCUT2D eigenvalue weighted by Crippen LogP contribution is 2.55. The number of phenols is 1. The average molecular weight is 617 g/mol. The molecule has 2 N–H and O–H groups in total. The summed E-state index contributed by atoms with van der Waals surface area (Å²) in [6, 6.07) is 7.86. The summed E-state index contributed by atoms with van der Waals surface area (Å²) in [5.74, 6) is -0.863. The Bertz CT molecular complexity index is 1850. The third kappa shape index (κ3) is 4.22. The number of ether oxygens (including phenoxy) is 1. The SMILES string of the molecule is Oc1cc(-c2ncc3c(N4CC5CCC(C4)N5)nc(OCC45CCCN4C4CCCC4(F)C5)nc3c2F)c2c(F)cccc2c1. The Morgan fingerprint density at radius 2 is 1.89 bits per heavy atom. The summed E-state index contributed by atoms with van der Waals surface area (Å²) in [4.78, 5) is 18.4. The molecule has 2 aromatic carbocycles. The van der Waals surface area contributed by atoms with E-state index in [4.69, 9.17) is 9.72 Å². The second kappa shape index (κ2) is 9.90. The number of anilines is 1. The van der Waals surface area contributed by atoms with Crippen LogP contribution >= 0.6 is 0 Å². The largest absolute Gasteiger partial charge is 0.508 e. The number of aromatic hydroxyl groups is 1. The normalized spacial score (nSPS) is 30.8. The quantitative estimate of drug-likeness (QED) is 0.298. The Morgan fingerprint density at radius 1 is 1.04 bits per heavy atom. The minimum absolute atomic E-state index is 0.0183. The first-order chi connectivity index (χ1) is 21.8. The van der Waals surface area contributed by atoms with Crippen LogP contribution in [0.5, 0.6) is 11.8 Å². The molecule has 0 spiro atoms. The van der Waals surface area contributed by atoms with Gasteiger partial charge in [0.25, 0.3) is 0 Å². The zero-order chi connectivity index (χ0) is 30.5. The molecular weight excluding hydrogens is 581 g/mol. The average Bonchev–Trinajstić information content (AvgIpc) is 3.74. The van der Waals surface area contributed by atoms with E-state index >= 15 is 13.2 Å². The predicted octanol–water partition coefficient (Wildman–Crippen LogP) is 5.65. The van der Waals surface area contributed by atoms with E-state index in [1.165, 1.54) is 24.4 Å². The van der Waals surface area contributed by atoms with Crippen LogP contribution in [0.1, 0.15) is 51.4 Å². The summed E-state index contributed by atoms with van der Waals surface area (Å²) in [7, 11) is 0. The van der Waals surface area contributed by atoms with Crippen molar-refractivity contribution >= 4 is 27.5 Å². The van der Waals surface area contributed by atoms with Crippen LogP contribution in [-0.4, -0.2) is 80.5 Å². The summed E-state index contributed by atoms with van der Waals surface area (Å²) < 4.78 is 54.1. The summed E-state index contributed by atoms with van der Waals surface area (Å²) in [5, 5.41) is 15.1. The molecule has 8 nitrogen and oxygen atoms in total. The molecule has 45 heavy (non-hydrogen) atoms. The summed E-state index contributed by atoms with van der Waals surface area (Å²) >= 11 is 0. The van der Waals surface area contributed by atoms with Gasteiger partial charge in [0, 0.05) is 54.8 Å². The molecule has 5 atom stereocenters. The number of aromatic nitrogens is 3. The van der Waals surface area contributed by atoms with Gasteiger partial charge in [-0.1, -0.05) is 12.1 Å². The van der Waals surface area contributed by atoms with Crippen LogP contribution in [-0.2, 0) is 0 Å². The number of hydrogen-bond donors (Lipinski definition) is 2. The van der Waals surface area contributed by atoms with Crippen molar-refractivity contribution in [1.29, 1.82) is 0 Å². The Balaban J connectivity index is 1.15. The lowest BCUT2D eigenvalue weighted by atomic mass is 9.88. The van der Waals surface area contributed by atoms with Gasteiger partial charge in [-0.2, -0.15) is 9.97 Å². The van der Waals surface area contributed by atoms with Crippen molar-refractivity contribution in [2.24, 2.45) is 0 Å². The van der Waals surface area contributed by atoms with Gasteiger partial charge >= 0.3 is 6.01 Å². The van der Waals surface area contributed by atoms with Gasteiger partial charge in [-0.05, 0) is 75.1 Å². The van der Waals surface area contributed by atoms with Crippen molar-refractivity contribution in [3.63, 3.8) is 0 Å². The maximum atomic E-state index is 16.7. The molecule has 5 fully saturated rings. The summed E-state index contributed by atoms with van der Waals surface area (Å²) in [5.41, 5.74) is -1.58. The van der Waals surface area contributed by atoms with Crippen molar-refractivity contribution in [2.45, 2.75) is 80.7 Å². The zero-order valence-electron chi connectivity index (χ0n) is 24.9. The van der Waals surface area contributed by atoms with Crippen LogP contribution in [0.25, 0.3) is 32.9 Å². The van der Waals surface area contributed by atoms with Crippen molar-refractivity contribution in [3.05, 3.63) is 48.2 Å². The van der Waals surface area contributed by atoms with Gasteiger partial charge < -0.3 is 20.1 Å².